The van der Waals surface area contributed by atoms with Crippen LogP contribution in [0.3, 0.4) is 0 Å². The molecule has 0 saturated carbocycles. The number of hydrogen-bond acceptors (Lipinski definition) is 7. The number of unbranched alkanes of at least 4 members (excludes halogenated alkanes) is 1. The molecule has 3 unspecified atom stereocenters. The summed E-state index contributed by atoms with van der Waals surface area (Å²) in [6.07, 6.45) is 1.53. The summed E-state index contributed by atoms with van der Waals surface area (Å²) in [5.41, 5.74) is 1.04. The van der Waals surface area contributed by atoms with Gasteiger partial charge in [-0.3, -0.25) is 24.0 Å². The lowest BCUT2D eigenvalue weighted by atomic mass is 10.1. The number of amides is 4. The molecular weight excluding hydrogens is 673 g/mol. The van der Waals surface area contributed by atoms with E-state index in [1.165, 1.54) is 0 Å². The highest BCUT2D eigenvalue weighted by Crippen LogP contribution is 2.10. The van der Waals surface area contributed by atoms with Crippen LogP contribution >= 0.6 is 22.6 Å². The third kappa shape index (κ3) is 16.8. The minimum Gasteiger partial charge on any atom is -0.481 e. The summed E-state index contributed by atoms with van der Waals surface area (Å²) in [5.74, 6) is -5.26. The van der Waals surface area contributed by atoms with E-state index in [9.17, 15) is 33.9 Å². The zero-order valence-corrected chi connectivity index (χ0v) is 27.1. The van der Waals surface area contributed by atoms with E-state index in [0.717, 1.165) is 22.1 Å². The second-order valence-electron chi connectivity index (χ2n) is 10.5. The minimum atomic E-state index is -1.67. The lowest BCUT2D eigenvalue weighted by Gasteiger charge is -2.23. The minimum absolute atomic E-state index is 0.0712. The van der Waals surface area contributed by atoms with Crippen molar-refractivity contribution >= 4 is 58.2 Å². The topological polar surface area (TPSA) is 203 Å². The molecule has 0 heterocycles. The van der Waals surface area contributed by atoms with E-state index >= 15 is 0 Å². The molecule has 0 spiro atoms. The van der Waals surface area contributed by atoms with Crippen molar-refractivity contribution in [3.63, 3.8) is 0 Å². The smallest absolute Gasteiger partial charge is 0.326 e. The summed E-state index contributed by atoms with van der Waals surface area (Å²) in [6.45, 7) is 4.28. The Balaban J connectivity index is 2.82. The Morgan fingerprint density at radius 3 is 1.93 bits per heavy atom. The number of halogens is 1. The van der Waals surface area contributed by atoms with E-state index in [0.29, 0.717) is 25.7 Å². The first-order valence-electron chi connectivity index (χ1n) is 14.4. The molecule has 1 aromatic carbocycles. The Morgan fingerprint density at radius 2 is 1.35 bits per heavy atom. The van der Waals surface area contributed by atoms with Gasteiger partial charge in [0.25, 0.3) is 0 Å². The monoisotopic (exact) mass is 717 g/mol. The number of carbonyl (C=O) groups excluding carboxylic acids is 4. The quantitative estimate of drug-likeness (QED) is 0.0723. The number of rotatable bonds is 21. The molecule has 0 fully saturated rings. The van der Waals surface area contributed by atoms with Gasteiger partial charge in [-0.15, -0.1) is 0 Å². The first kappa shape index (κ1) is 37.8. The Labute approximate surface area is 265 Å². The van der Waals surface area contributed by atoms with Crippen LogP contribution in [0, 0.1) is 3.57 Å². The van der Waals surface area contributed by atoms with Gasteiger partial charge in [0.15, 0.2) is 0 Å². The molecule has 0 saturated heterocycles. The third-order valence-corrected chi connectivity index (χ3v) is 7.06. The number of carboxylic acids is 2. The van der Waals surface area contributed by atoms with Crippen molar-refractivity contribution in [3.8, 4) is 0 Å². The van der Waals surface area contributed by atoms with E-state index in [-0.39, 0.29) is 18.9 Å². The maximum Gasteiger partial charge on any atom is 0.326 e. The average molecular weight is 718 g/mol. The van der Waals surface area contributed by atoms with E-state index in [2.05, 4.69) is 49.2 Å². The highest BCUT2D eigenvalue weighted by Gasteiger charge is 2.30. The van der Waals surface area contributed by atoms with E-state index in [1.807, 2.05) is 24.3 Å². The normalized spacial score (nSPS) is 13.0. The zero-order valence-electron chi connectivity index (χ0n) is 24.9. The molecule has 0 bridgehead atoms. The van der Waals surface area contributed by atoms with Gasteiger partial charge in [0.2, 0.25) is 23.6 Å². The summed E-state index contributed by atoms with van der Waals surface area (Å²) < 4.78 is 1.08. The molecule has 0 aliphatic rings. The average Bonchev–Trinajstić information content (AvgIpc) is 2.92. The Morgan fingerprint density at radius 1 is 0.744 bits per heavy atom. The number of hydrogen-bond donors (Lipinski definition) is 7. The van der Waals surface area contributed by atoms with Crippen LogP contribution < -0.4 is 26.6 Å². The molecule has 1 aromatic rings. The van der Waals surface area contributed by atoms with Crippen LogP contribution in [0.4, 0.5) is 0 Å². The molecule has 13 nitrogen and oxygen atoms in total. The van der Waals surface area contributed by atoms with Gasteiger partial charge >= 0.3 is 11.9 Å². The van der Waals surface area contributed by atoms with Gasteiger partial charge in [-0.1, -0.05) is 12.1 Å². The maximum absolute atomic E-state index is 13.0. The highest BCUT2D eigenvalue weighted by molar-refractivity contribution is 14.1. The molecule has 14 heteroatoms. The van der Waals surface area contributed by atoms with Crippen molar-refractivity contribution in [1.82, 2.24) is 26.6 Å². The largest absolute Gasteiger partial charge is 0.481 e. The van der Waals surface area contributed by atoms with Gasteiger partial charge in [0.05, 0.1) is 6.42 Å². The van der Waals surface area contributed by atoms with Gasteiger partial charge in [-0.2, -0.15) is 0 Å². The summed E-state index contributed by atoms with van der Waals surface area (Å²) >= 11 is 2.19. The molecule has 0 aromatic heterocycles. The van der Waals surface area contributed by atoms with E-state index < -0.39 is 66.5 Å². The Kier molecular flexibility index (Phi) is 18.1. The van der Waals surface area contributed by atoms with Crippen LogP contribution in [-0.2, 0) is 35.2 Å². The molecule has 3 atom stereocenters. The number of aliphatic carboxylic acids is 2. The van der Waals surface area contributed by atoms with Crippen LogP contribution in [0.5, 0.6) is 0 Å². The van der Waals surface area contributed by atoms with Crippen molar-refractivity contribution < 1.29 is 39.0 Å². The Hall–Kier alpha value is -3.27. The molecule has 4 amide bonds. The molecule has 7 N–H and O–H groups in total. The SMILES string of the molecule is CNCCCCC(NC(=O)CC(NC(=O)C(CCC(=O)O)NC(=O)CCCc1ccc(I)cc1)C(=O)O)C(=O)NC(C)C. The van der Waals surface area contributed by atoms with Crippen LogP contribution in [0.15, 0.2) is 24.3 Å². The summed E-state index contributed by atoms with van der Waals surface area (Å²) in [4.78, 5) is 74.0. The third-order valence-electron chi connectivity index (χ3n) is 6.34. The first-order valence-corrected chi connectivity index (χ1v) is 15.4. The number of benzene rings is 1. The number of carboxylic acid groups (broad SMARTS) is 2. The molecule has 43 heavy (non-hydrogen) atoms. The second kappa shape index (κ2) is 20.6. The second-order valence-corrected chi connectivity index (χ2v) is 11.8. The van der Waals surface area contributed by atoms with Gasteiger partial charge in [0.1, 0.15) is 18.1 Å². The Bertz CT molecular complexity index is 1080. The lowest BCUT2D eigenvalue weighted by molar-refractivity contribution is -0.144. The molecular formula is C29H44IN5O8. The zero-order chi connectivity index (χ0) is 32.4. The molecule has 240 valence electrons. The van der Waals surface area contributed by atoms with Crippen molar-refractivity contribution in [1.29, 1.82) is 0 Å². The van der Waals surface area contributed by atoms with Crippen LogP contribution in [-0.4, -0.2) is 83.5 Å². The van der Waals surface area contributed by atoms with E-state index in [1.54, 1.807) is 20.9 Å². The molecule has 1 rings (SSSR count). The van der Waals surface area contributed by atoms with Crippen molar-refractivity contribution in [2.45, 2.75) is 95.8 Å². The van der Waals surface area contributed by atoms with Gasteiger partial charge in [0, 0.05) is 22.5 Å². The van der Waals surface area contributed by atoms with Gasteiger partial charge in [-0.05, 0) is 106 Å². The van der Waals surface area contributed by atoms with E-state index in [4.69, 9.17) is 5.11 Å². The predicted molar refractivity (Wildman–Crippen MR) is 168 cm³/mol. The first-order chi connectivity index (χ1) is 20.3. The summed E-state index contributed by atoms with van der Waals surface area (Å²) in [5, 5.41) is 31.8. The lowest BCUT2D eigenvalue weighted by Crippen LogP contribution is -2.54. The summed E-state index contributed by atoms with van der Waals surface area (Å²) in [7, 11) is 1.80. The molecule has 0 aliphatic carbocycles. The molecule has 0 radical (unpaired) electrons. The van der Waals surface area contributed by atoms with Crippen molar-refractivity contribution in [3.05, 3.63) is 33.4 Å². The fourth-order valence-electron chi connectivity index (χ4n) is 4.12. The number of nitrogens with one attached hydrogen (secondary N) is 5. The molecule has 0 aliphatic heterocycles. The van der Waals surface area contributed by atoms with Crippen molar-refractivity contribution in [2.24, 2.45) is 0 Å². The summed E-state index contributed by atoms with van der Waals surface area (Å²) in [6, 6.07) is 3.76. The number of aryl methyl sites for hydroxylation is 1. The standard InChI is InChI=1S/C29H44IN5O8/c1-18(2)32-27(40)21(8-4-5-16-31-3)34-25(37)17-23(29(42)43)35-28(41)22(14-15-26(38)39)33-24(36)9-6-7-19-10-12-20(30)13-11-19/h10-13,18,21-23,31H,4-9,14-17H2,1-3H3,(H,32,40)(H,33,36)(H,34,37)(H,35,41)(H,38,39)(H,42,43). The maximum atomic E-state index is 13.0. The van der Waals surface area contributed by atoms with Crippen LogP contribution in [0.1, 0.15) is 70.8 Å². The van der Waals surface area contributed by atoms with Crippen molar-refractivity contribution in [2.75, 3.05) is 13.6 Å². The van der Waals surface area contributed by atoms with Crippen LogP contribution in [0.25, 0.3) is 0 Å². The fourth-order valence-corrected chi connectivity index (χ4v) is 4.48. The van der Waals surface area contributed by atoms with Gasteiger partial charge in [-0.25, -0.2) is 4.79 Å². The predicted octanol–water partition coefficient (Wildman–Crippen LogP) is 1.32. The van der Waals surface area contributed by atoms with Gasteiger partial charge < -0.3 is 36.8 Å². The number of carbonyl (C=O) groups is 6. The van der Waals surface area contributed by atoms with Crippen LogP contribution in [0.2, 0.25) is 0 Å². The highest BCUT2D eigenvalue weighted by atomic mass is 127. The fraction of sp³-hybridized carbons (Fsp3) is 0.586.